The summed E-state index contributed by atoms with van der Waals surface area (Å²) in [6.07, 6.45) is 0. The number of aliphatic hydroxyl groups excluding tert-OH is 1. The molecule has 1 aliphatic rings. The fourth-order valence-electron chi connectivity index (χ4n) is 3.38. The summed E-state index contributed by atoms with van der Waals surface area (Å²) in [6.45, 7) is 0. The normalized spacial score (nSPS) is 12.4. The van der Waals surface area contributed by atoms with Gasteiger partial charge in [0, 0.05) is 0 Å². The molecule has 0 aliphatic carbocycles. The maximum absolute atomic E-state index is 10.4. The molecule has 0 aromatic heterocycles. The zero-order valence-corrected chi connectivity index (χ0v) is 14.8. The van der Waals surface area contributed by atoms with Gasteiger partial charge in [0.1, 0.15) is 0 Å². The van der Waals surface area contributed by atoms with Gasteiger partial charge in [-0.2, -0.15) is 0 Å². The zero-order chi connectivity index (χ0) is 19.6. The van der Waals surface area contributed by atoms with Gasteiger partial charge < -0.3 is 0 Å². The fraction of sp³-hybridized carbons (Fsp3) is 0. The molecule has 112 valence electrons. The Hall–Kier alpha value is -1.87. The van der Waals surface area contributed by atoms with Crippen molar-refractivity contribution in [1.82, 2.24) is 0 Å². The third kappa shape index (κ3) is 2.55. The monoisotopic (exact) mass is 352 g/mol. The van der Waals surface area contributed by atoms with E-state index >= 15 is 0 Å². The molecule has 10 heteroatoms. The van der Waals surface area contributed by atoms with Crippen LogP contribution in [0, 0.1) is 0 Å². The average Bonchev–Trinajstić information content (AvgIpc) is 2.78. The molecule has 2 nitrogen and oxygen atoms in total. The Labute approximate surface area is 170 Å². The van der Waals surface area contributed by atoms with E-state index in [1.165, 1.54) is 7.12 Å². The molecule has 3 aromatic rings. The Bertz CT molecular complexity index is 1190. The molecule has 3 aromatic carbocycles. The summed E-state index contributed by atoms with van der Waals surface area (Å²) >= 11 is 6.20. The molecule has 0 fully saturated rings. The van der Waals surface area contributed by atoms with Gasteiger partial charge in [-0.3, -0.25) is 0 Å². The van der Waals surface area contributed by atoms with E-state index in [1.807, 2.05) is 0 Å². The average molecular weight is 351 g/mol. The SMILES string of the molecule is [B]c1c([B])c([B])c2c3c(c([B])c([B])c2c1[B])OB=C(O)c1ccc(Cl)cc1-3. The molecule has 1 aliphatic heterocycles. The molecule has 0 amide bonds. The number of fused-ring (bicyclic) bond motifs is 5. The molecular formula is C17H4B7ClO2. The second kappa shape index (κ2) is 6.34. The second-order valence-corrected chi connectivity index (χ2v) is 6.68. The first-order chi connectivity index (χ1) is 12.7. The number of hydrogen-bond donors (Lipinski definition) is 1. The Morgan fingerprint density at radius 2 is 1.37 bits per heavy atom. The summed E-state index contributed by atoms with van der Waals surface area (Å²) in [5.41, 5.74) is 2.22. The van der Waals surface area contributed by atoms with Gasteiger partial charge in [0.25, 0.3) is 0 Å². The van der Waals surface area contributed by atoms with Gasteiger partial charge in [-0.1, -0.05) is 0 Å². The summed E-state index contributed by atoms with van der Waals surface area (Å²) in [5.74, 6) is 0.211. The first-order valence-electron chi connectivity index (χ1n) is 7.86. The van der Waals surface area contributed by atoms with Gasteiger partial charge in [0.2, 0.25) is 0 Å². The number of aliphatic hydroxyl groups is 1. The Balaban J connectivity index is 2.34. The van der Waals surface area contributed by atoms with Crippen molar-refractivity contribution in [2.75, 3.05) is 0 Å². The molecule has 12 radical (unpaired) electrons. The molecule has 0 bridgehead atoms. The van der Waals surface area contributed by atoms with Gasteiger partial charge >= 0.3 is 170 Å². The van der Waals surface area contributed by atoms with Crippen LogP contribution in [-0.4, -0.2) is 65.0 Å². The van der Waals surface area contributed by atoms with Crippen LogP contribution in [0.25, 0.3) is 21.9 Å². The van der Waals surface area contributed by atoms with Crippen molar-refractivity contribution in [3.63, 3.8) is 0 Å². The second-order valence-electron chi connectivity index (χ2n) is 6.25. The minimum atomic E-state index is -0.112. The van der Waals surface area contributed by atoms with Crippen LogP contribution < -0.4 is 37.4 Å². The van der Waals surface area contributed by atoms with E-state index in [2.05, 4.69) is 0 Å². The molecular weight excluding hydrogens is 347 g/mol. The minimum absolute atomic E-state index is 0.112. The van der Waals surface area contributed by atoms with Crippen molar-refractivity contribution < 1.29 is 9.76 Å². The number of benzene rings is 3. The van der Waals surface area contributed by atoms with E-state index < -0.39 is 0 Å². The summed E-state index contributed by atoms with van der Waals surface area (Å²) in [5, 5.41) is 11.6. The molecule has 0 atom stereocenters. The molecule has 1 N–H and O–H groups in total. The fourth-order valence-corrected chi connectivity index (χ4v) is 3.55. The van der Waals surface area contributed by atoms with Gasteiger partial charge in [0.05, 0.1) is 0 Å². The first kappa shape index (κ1) is 18.5. The van der Waals surface area contributed by atoms with E-state index in [1.54, 1.807) is 18.2 Å². The standard InChI is InChI=1S/C17H4B7ClO2/c18-10-8-7-6-3-4(25)1-2-5(6)17(26)24-27-16(7)15(23)12(20)9(8)11(19)14(22)13(10)21/h1-3,26H. The molecule has 0 spiro atoms. The summed E-state index contributed by atoms with van der Waals surface area (Å²) in [4.78, 5) is 0. The van der Waals surface area contributed by atoms with E-state index in [-0.39, 0.29) is 44.2 Å². The summed E-state index contributed by atoms with van der Waals surface area (Å²) in [7, 11) is 38.1. The third-order valence-electron chi connectivity index (χ3n) is 4.76. The van der Waals surface area contributed by atoms with E-state index in [4.69, 9.17) is 63.3 Å². The molecule has 0 saturated carbocycles. The van der Waals surface area contributed by atoms with E-state index in [0.29, 0.717) is 32.5 Å². The Morgan fingerprint density at radius 1 is 0.778 bits per heavy atom. The van der Waals surface area contributed by atoms with Crippen LogP contribution in [0.1, 0.15) is 5.56 Å². The van der Waals surface area contributed by atoms with Crippen molar-refractivity contribution in [2.24, 2.45) is 0 Å². The van der Waals surface area contributed by atoms with Crippen molar-refractivity contribution in [3.05, 3.63) is 28.8 Å². The van der Waals surface area contributed by atoms with Gasteiger partial charge in [-0.15, -0.1) is 0 Å². The van der Waals surface area contributed by atoms with Crippen LogP contribution in [0.4, 0.5) is 0 Å². The van der Waals surface area contributed by atoms with Crippen molar-refractivity contribution in [2.45, 2.75) is 0 Å². The van der Waals surface area contributed by atoms with Crippen LogP contribution >= 0.6 is 11.6 Å². The summed E-state index contributed by atoms with van der Waals surface area (Å²) in [6, 6.07) is 4.95. The molecule has 4 rings (SSSR count). The number of halogens is 1. The third-order valence-corrected chi connectivity index (χ3v) is 4.99. The molecule has 1 heterocycles. The van der Waals surface area contributed by atoms with Crippen LogP contribution in [0.5, 0.6) is 5.75 Å². The van der Waals surface area contributed by atoms with Crippen molar-refractivity contribution >= 4 is 115 Å². The predicted molar refractivity (Wildman–Crippen MR) is 119 cm³/mol. The van der Waals surface area contributed by atoms with Crippen LogP contribution in [0.3, 0.4) is 0 Å². The van der Waals surface area contributed by atoms with Crippen LogP contribution in [0.2, 0.25) is 5.02 Å². The van der Waals surface area contributed by atoms with E-state index in [0.717, 1.165) is 0 Å². The molecule has 0 saturated heterocycles. The van der Waals surface area contributed by atoms with Crippen molar-refractivity contribution in [1.29, 1.82) is 0 Å². The first-order valence-corrected chi connectivity index (χ1v) is 8.24. The number of hydrogen-bond acceptors (Lipinski definition) is 2. The number of rotatable bonds is 0. The van der Waals surface area contributed by atoms with Gasteiger partial charge in [-0.25, -0.2) is 0 Å². The predicted octanol–water partition coefficient (Wildman–Crippen LogP) is -3.21. The maximum atomic E-state index is 10.4. The van der Waals surface area contributed by atoms with Gasteiger partial charge in [0.15, 0.2) is 0 Å². The molecule has 0 unspecified atom stereocenters. The van der Waals surface area contributed by atoms with Crippen LogP contribution in [-0.2, 0) is 0 Å². The quantitative estimate of drug-likeness (QED) is 0.432. The van der Waals surface area contributed by atoms with Crippen molar-refractivity contribution in [3.8, 4) is 16.9 Å². The zero-order valence-electron chi connectivity index (χ0n) is 14.0. The Kier molecular flexibility index (Phi) is 4.34. The van der Waals surface area contributed by atoms with Gasteiger partial charge in [-0.05, 0) is 0 Å². The molecule has 27 heavy (non-hydrogen) atoms. The van der Waals surface area contributed by atoms with E-state index in [9.17, 15) is 5.11 Å². The Morgan fingerprint density at radius 3 is 2.04 bits per heavy atom. The topological polar surface area (TPSA) is 29.5 Å². The van der Waals surface area contributed by atoms with Crippen LogP contribution in [0.15, 0.2) is 18.2 Å². The summed E-state index contributed by atoms with van der Waals surface area (Å²) < 4.78 is 5.64.